The predicted molar refractivity (Wildman–Crippen MR) is 72.1 cm³/mol. The summed E-state index contributed by atoms with van der Waals surface area (Å²) in [6.45, 7) is 1.72. The third-order valence-electron chi connectivity index (χ3n) is 3.54. The van der Waals surface area contributed by atoms with E-state index in [9.17, 15) is 18.3 Å². The van der Waals surface area contributed by atoms with Crippen LogP contribution in [0, 0.1) is 0 Å². The second-order valence-corrected chi connectivity index (χ2v) is 5.24. The number of fused-ring (bicyclic) bond motifs is 1. The third-order valence-corrected chi connectivity index (χ3v) is 3.54. The quantitative estimate of drug-likeness (QED) is 0.846. The Labute approximate surface area is 119 Å². The zero-order valence-electron chi connectivity index (χ0n) is 11.2. The number of phenolic OH excluding ortho intramolecular Hbond substituents is 1. The smallest absolute Gasteiger partial charge is 0.410 e. The van der Waals surface area contributed by atoms with Gasteiger partial charge in [0.25, 0.3) is 0 Å². The number of nitrogens with one attached hydrogen (secondary N) is 1. The minimum atomic E-state index is -4.33. The van der Waals surface area contributed by atoms with E-state index in [1.165, 1.54) is 12.1 Å². The number of aromatic nitrogens is 2. The lowest BCUT2D eigenvalue weighted by molar-refractivity contribution is -0.173. The Morgan fingerprint density at radius 3 is 2.57 bits per heavy atom. The molecule has 0 saturated heterocycles. The number of aromatic hydroxyl groups is 1. The number of nitrogens with zero attached hydrogens (tertiary/aromatic N) is 2. The Morgan fingerprint density at radius 2 is 1.95 bits per heavy atom. The van der Waals surface area contributed by atoms with Crippen molar-refractivity contribution in [1.29, 1.82) is 0 Å². The van der Waals surface area contributed by atoms with Crippen LogP contribution in [0.1, 0.15) is 19.4 Å². The third kappa shape index (κ3) is 2.55. The summed E-state index contributed by atoms with van der Waals surface area (Å²) in [5, 5.41) is 16.4. The molecule has 112 valence electrons. The molecule has 0 amide bonds. The summed E-state index contributed by atoms with van der Waals surface area (Å²) in [6.07, 6.45) is -4.38. The highest BCUT2D eigenvalue weighted by atomic mass is 19.4. The van der Waals surface area contributed by atoms with Crippen molar-refractivity contribution in [2.24, 2.45) is 0 Å². The van der Waals surface area contributed by atoms with Gasteiger partial charge in [-0.3, -0.25) is 0 Å². The first-order chi connectivity index (χ1) is 9.84. The van der Waals surface area contributed by atoms with Crippen LogP contribution in [0.15, 0.2) is 30.3 Å². The molecule has 0 spiro atoms. The molecule has 1 aromatic heterocycles. The molecule has 2 N–H and O–H groups in total. The van der Waals surface area contributed by atoms with E-state index >= 15 is 0 Å². The molecular formula is C14H14F3N3O. The molecule has 0 bridgehead atoms. The van der Waals surface area contributed by atoms with Crippen molar-refractivity contribution in [3.63, 3.8) is 0 Å². The molecule has 2 aromatic rings. The average molecular weight is 297 g/mol. The highest BCUT2D eigenvalue weighted by molar-refractivity contribution is 5.64. The van der Waals surface area contributed by atoms with Crippen LogP contribution in [0.3, 0.4) is 0 Å². The molecule has 1 aliphatic heterocycles. The van der Waals surface area contributed by atoms with Gasteiger partial charge in [-0.25, -0.2) is 4.68 Å². The maximum absolute atomic E-state index is 13.1. The number of alkyl halides is 3. The van der Waals surface area contributed by atoms with Crippen LogP contribution in [-0.4, -0.2) is 27.1 Å². The van der Waals surface area contributed by atoms with E-state index in [1.54, 1.807) is 25.1 Å². The van der Waals surface area contributed by atoms with E-state index in [0.29, 0.717) is 17.1 Å². The van der Waals surface area contributed by atoms with Crippen molar-refractivity contribution in [2.75, 3.05) is 5.32 Å². The molecule has 2 atom stereocenters. The highest BCUT2D eigenvalue weighted by Gasteiger charge is 2.45. The van der Waals surface area contributed by atoms with Gasteiger partial charge < -0.3 is 10.4 Å². The first-order valence-corrected chi connectivity index (χ1v) is 6.57. The molecule has 0 radical (unpaired) electrons. The van der Waals surface area contributed by atoms with Gasteiger partial charge in [0.15, 0.2) is 6.04 Å². The van der Waals surface area contributed by atoms with E-state index in [-0.39, 0.29) is 18.2 Å². The second-order valence-electron chi connectivity index (χ2n) is 5.24. The van der Waals surface area contributed by atoms with Crippen molar-refractivity contribution in [3.05, 3.63) is 30.3 Å². The van der Waals surface area contributed by atoms with Gasteiger partial charge in [-0.1, -0.05) is 0 Å². The van der Waals surface area contributed by atoms with Crippen LogP contribution < -0.4 is 5.32 Å². The molecule has 21 heavy (non-hydrogen) atoms. The molecule has 0 saturated carbocycles. The standard InChI is InChI=1S/C14H14F3N3O/c1-8-6-12(14(15,16)17)20-13(18-8)7-11(19-20)9-2-4-10(21)5-3-9/h2-5,7-8,12,18,21H,6H2,1H3. The zero-order valence-corrected chi connectivity index (χ0v) is 11.2. The lowest BCUT2D eigenvalue weighted by atomic mass is 10.1. The fourth-order valence-corrected chi connectivity index (χ4v) is 2.53. The largest absolute Gasteiger partial charge is 0.508 e. The molecule has 1 aromatic carbocycles. The summed E-state index contributed by atoms with van der Waals surface area (Å²) in [5.41, 5.74) is 1.10. The van der Waals surface area contributed by atoms with Crippen LogP contribution >= 0.6 is 0 Å². The number of phenols is 1. The van der Waals surface area contributed by atoms with Gasteiger partial charge in [-0.05, 0) is 37.6 Å². The number of anilines is 1. The predicted octanol–water partition coefficient (Wildman–Crippen LogP) is 3.56. The maximum atomic E-state index is 13.1. The average Bonchev–Trinajstić information content (AvgIpc) is 2.80. The summed E-state index contributed by atoms with van der Waals surface area (Å²) in [4.78, 5) is 0. The molecule has 7 heteroatoms. The molecule has 3 rings (SSSR count). The number of halogens is 3. The number of hydrogen-bond acceptors (Lipinski definition) is 3. The number of rotatable bonds is 1. The Balaban J connectivity index is 2.03. The fraction of sp³-hybridized carbons (Fsp3) is 0.357. The maximum Gasteiger partial charge on any atom is 0.410 e. The monoisotopic (exact) mass is 297 g/mol. The van der Waals surface area contributed by atoms with Gasteiger partial charge in [0.2, 0.25) is 0 Å². The van der Waals surface area contributed by atoms with E-state index < -0.39 is 12.2 Å². The molecule has 4 nitrogen and oxygen atoms in total. The van der Waals surface area contributed by atoms with Gasteiger partial charge >= 0.3 is 6.18 Å². The highest BCUT2D eigenvalue weighted by Crippen LogP contribution is 2.40. The zero-order chi connectivity index (χ0) is 15.2. The van der Waals surface area contributed by atoms with Gasteiger partial charge in [0.05, 0.1) is 5.69 Å². The summed E-state index contributed by atoms with van der Waals surface area (Å²) in [6, 6.07) is 5.91. The summed E-state index contributed by atoms with van der Waals surface area (Å²) >= 11 is 0. The van der Waals surface area contributed by atoms with Crippen molar-refractivity contribution >= 4 is 5.82 Å². The normalized spacial score (nSPS) is 21.7. The Hall–Kier alpha value is -2.18. The molecule has 0 fully saturated rings. The van der Waals surface area contributed by atoms with E-state index in [0.717, 1.165) is 4.68 Å². The number of benzene rings is 1. The molecule has 2 unspecified atom stereocenters. The summed E-state index contributed by atoms with van der Waals surface area (Å²) in [5.74, 6) is 0.460. The lowest BCUT2D eigenvalue weighted by Crippen LogP contribution is -2.37. The Bertz CT molecular complexity index is 648. The van der Waals surface area contributed by atoms with Crippen LogP contribution in [0.2, 0.25) is 0 Å². The first kappa shape index (κ1) is 13.8. The topological polar surface area (TPSA) is 50.1 Å². The van der Waals surface area contributed by atoms with Crippen molar-refractivity contribution in [2.45, 2.75) is 31.6 Å². The Morgan fingerprint density at radius 1 is 1.29 bits per heavy atom. The lowest BCUT2D eigenvalue weighted by Gasteiger charge is -2.31. The molecule has 1 aliphatic rings. The first-order valence-electron chi connectivity index (χ1n) is 6.57. The van der Waals surface area contributed by atoms with E-state index in [4.69, 9.17) is 0 Å². The van der Waals surface area contributed by atoms with Crippen LogP contribution in [-0.2, 0) is 0 Å². The van der Waals surface area contributed by atoms with Crippen molar-refractivity contribution in [1.82, 2.24) is 9.78 Å². The minimum Gasteiger partial charge on any atom is -0.508 e. The molecule has 2 heterocycles. The van der Waals surface area contributed by atoms with E-state index in [2.05, 4.69) is 10.4 Å². The fourth-order valence-electron chi connectivity index (χ4n) is 2.53. The summed E-state index contributed by atoms with van der Waals surface area (Å²) < 4.78 is 40.4. The van der Waals surface area contributed by atoms with Gasteiger partial charge in [0.1, 0.15) is 11.6 Å². The van der Waals surface area contributed by atoms with Crippen LogP contribution in [0.4, 0.5) is 19.0 Å². The molecule has 0 aliphatic carbocycles. The number of hydrogen-bond donors (Lipinski definition) is 2. The van der Waals surface area contributed by atoms with Gasteiger partial charge in [0, 0.05) is 17.7 Å². The minimum absolute atomic E-state index is 0.0484. The second kappa shape index (κ2) is 4.68. The van der Waals surface area contributed by atoms with E-state index in [1.807, 2.05) is 0 Å². The summed E-state index contributed by atoms with van der Waals surface area (Å²) in [7, 11) is 0. The van der Waals surface area contributed by atoms with Gasteiger partial charge in [-0.15, -0.1) is 0 Å². The van der Waals surface area contributed by atoms with Crippen molar-refractivity contribution in [3.8, 4) is 17.0 Å². The van der Waals surface area contributed by atoms with Gasteiger partial charge in [-0.2, -0.15) is 18.3 Å². The van der Waals surface area contributed by atoms with Crippen LogP contribution in [0.5, 0.6) is 5.75 Å². The van der Waals surface area contributed by atoms with Crippen molar-refractivity contribution < 1.29 is 18.3 Å². The van der Waals surface area contributed by atoms with Crippen LogP contribution in [0.25, 0.3) is 11.3 Å². The SMILES string of the molecule is CC1CC(C(F)(F)F)n2nc(-c3ccc(O)cc3)cc2N1. The molecular weight excluding hydrogens is 283 g/mol. The Kier molecular flexibility index (Phi) is 3.07.